The van der Waals surface area contributed by atoms with Crippen molar-refractivity contribution in [2.45, 2.75) is 31.8 Å². The molecule has 1 N–H and O–H groups in total. The highest BCUT2D eigenvalue weighted by Crippen LogP contribution is 2.35. The molecule has 3 aromatic rings. The van der Waals surface area contributed by atoms with Gasteiger partial charge in [0.1, 0.15) is 11.8 Å². The van der Waals surface area contributed by atoms with Crippen LogP contribution >= 0.6 is 0 Å². The highest BCUT2D eigenvalue weighted by Gasteiger charge is 2.45. The molecule has 0 saturated carbocycles. The molecule has 0 bridgehead atoms. The minimum absolute atomic E-state index is 0.0287. The van der Waals surface area contributed by atoms with Crippen molar-refractivity contribution >= 4 is 29.5 Å². The van der Waals surface area contributed by atoms with Gasteiger partial charge in [0, 0.05) is 39.1 Å². The molecule has 1 atom stereocenters. The van der Waals surface area contributed by atoms with E-state index in [-0.39, 0.29) is 29.5 Å². The number of imide groups is 2. The minimum atomic E-state index is -4.92. The summed E-state index contributed by atoms with van der Waals surface area (Å²) in [5.74, 6) is -3.37. The van der Waals surface area contributed by atoms with Crippen LogP contribution in [0.5, 0.6) is 5.75 Å². The topological polar surface area (TPSA) is 116 Å². The summed E-state index contributed by atoms with van der Waals surface area (Å²) in [7, 11) is 0. The maximum Gasteiger partial charge on any atom is 0.573 e. The number of amides is 5. The molecule has 2 saturated heterocycles. The van der Waals surface area contributed by atoms with Gasteiger partial charge in [0.2, 0.25) is 11.8 Å². The second kappa shape index (κ2) is 11.8. The number of hydrogen-bond acceptors (Lipinski definition) is 7. The number of rotatable bonds is 6. The van der Waals surface area contributed by atoms with E-state index in [1.807, 2.05) is 24.3 Å². The number of halogens is 3. The quantitative estimate of drug-likeness (QED) is 0.419. The van der Waals surface area contributed by atoms with Gasteiger partial charge in [-0.1, -0.05) is 42.5 Å². The summed E-state index contributed by atoms with van der Waals surface area (Å²) >= 11 is 0. The first-order chi connectivity index (χ1) is 21.5. The Kier molecular flexibility index (Phi) is 7.87. The van der Waals surface area contributed by atoms with Gasteiger partial charge in [-0.25, -0.2) is 0 Å². The average Bonchev–Trinajstić information content (AvgIpc) is 3.26. The highest BCUT2D eigenvalue weighted by atomic mass is 19.4. The standard InChI is InChI=1S/C32H27F3N4O6/c33-32(34,35)45-25-10-2-1-7-22(25)29(42)38-15-13-37(14-16-38)18-19-5-3-6-20(17-19)21-8-4-9-23-27(21)31(44)39(30(23)43)24-11-12-26(40)36-28(24)41/h1-10,17,24H,11-16,18H2,(H,36,40,41). The summed E-state index contributed by atoms with van der Waals surface area (Å²) in [5, 5.41) is 2.20. The highest BCUT2D eigenvalue weighted by molar-refractivity contribution is 6.25. The van der Waals surface area contributed by atoms with E-state index in [1.165, 1.54) is 23.1 Å². The number of carbonyl (C=O) groups is 5. The Morgan fingerprint density at radius 2 is 1.58 bits per heavy atom. The second-order valence-corrected chi connectivity index (χ2v) is 11.0. The molecule has 0 spiro atoms. The number of nitrogens with zero attached hydrogens (tertiary/aromatic N) is 3. The maximum absolute atomic E-state index is 13.5. The zero-order chi connectivity index (χ0) is 31.9. The van der Waals surface area contributed by atoms with Crippen LogP contribution in [0.2, 0.25) is 0 Å². The van der Waals surface area contributed by atoms with Gasteiger partial charge in [-0.15, -0.1) is 13.2 Å². The van der Waals surface area contributed by atoms with Crippen LogP contribution in [0, 0.1) is 0 Å². The summed E-state index contributed by atoms with van der Waals surface area (Å²) in [6.45, 7) is 2.07. The van der Waals surface area contributed by atoms with Gasteiger partial charge in [0.05, 0.1) is 16.7 Å². The Bertz CT molecular complexity index is 1720. The normalized spacial score (nSPS) is 19.0. The molecular weight excluding hydrogens is 593 g/mol. The summed E-state index contributed by atoms with van der Waals surface area (Å²) in [4.78, 5) is 68.4. The number of alkyl halides is 3. The second-order valence-electron chi connectivity index (χ2n) is 11.0. The van der Waals surface area contributed by atoms with Gasteiger partial charge >= 0.3 is 6.36 Å². The molecule has 3 aliphatic heterocycles. The molecule has 3 heterocycles. The zero-order valence-corrected chi connectivity index (χ0v) is 23.8. The number of fused-ring (bicyclic) bond motifs is 1. The number of piperazine rings is 1. The molecule has 0 aliphatic carbocycles. The number of carbonyl (C=O) groups excluding carboxylic acids is 5. The van der Waals surface area contributed by atoms with E-state index in [9.17, 15) is 37.1 Å². The first kappa shape index (κ1) is 30.0. The van der Waals surface area contributed by atoms with Crippen LogP contribution in [0.3, 0.4) is 0 Å². The van der Waals surface area contributed by atoms with E-state index in [4.69, 9.17) is 0 Å². The number of benzene rings is 3. The van der Waals surface area contributed by atoms with E-state index in [2.05, 4.69) is 15.0 Å². The largest absolute Gasteiger partial charge is 0.573 e. The van der Waals surface area contributed by atoms with Crippen LogP contribution in [0.1, 0.15) is 49.5 Å². The first-order valence-electron chi connectivity index (χ1n) is 14.3. The SMILES string of the molecule is O=C1CCC(N2C(=O)c3cccc(-c4cccc(CN5CCN(C(=O)c6ccccc6OC(F)(F)F)CC5)c4)c3C2=O)C(=O)N1. The van der Waals surface area contributed by atoms with Gasteiger partial charge in [-0.2, -0.15) is 0 Å². The lowest BCUT2D eigenvalue weighted by molar-refractivity contribution is -0.274. The summed E-state index contributed by atoms with van der Waals surface area (Å²) in [5.41, 5.74) is 2.38. The molecular formula is C32H27F3N4O6. The average molecular weight is 621 g/mol. The summed E-state index contributed by atoms with van der Waals surface area (Å²) in [6, 6.07) is 16.6. The molecule has 6 rings (SSSR count). The lowest BCUT2D eigenvalue weighted by Crippen LogP contribution is -2.54. The van der Waals surface area contributed by atoms with Gasteiger partial charge in [0.15, 0.2) is 0 Å². The molecule has 2 fully saturated rings. The van der Waals surface area contributed by atoms with Crippen molar-refractivity contribution in [3.8, 4) is 16.9 Å². The maximum atomic E-state index is 13.5. The number of hydrogen-bond donors (Lipinski definition) is 1. The van der Waals surface area contributed by atoms with E-state index < -0.39 is 47.7 Å². The van der Waals surface area contributed by atoms with Crippen molar-refractivity contribution in [1.29, 1.82) is 0 Å². The molecule has 0 aromatic heterocycles. The van der Waals surface area contributed by atoms with Crippen molar-refractivity contribution < 1.29 is 41.9 Å². The number of para-hydroxylation sites is 1. The van der Waals surface area contributed by atoms with E-state index in [0.717, 1.165) is 16.5 Å². The lowest BCUT2D eigenvalue weighted by atomic mass is 9.95. The predicted octanol–water partition coefficient (Wildman–Crippen LogP) is 3.61. The molecule has 0 radical (unpaired) electrons. The zero-order valence-electron chi connectivity index (χ0n) is 23.8. The summed E-state index contributed by atoms with van der Waals surface area (Å²) < 4.78 is 42.5. The third kappa shape index (κ3) is 6.03. The fourth-order valence-electron chi connectivity index (χ4n) is 5.99. The van der Waals surface area contributed by atoms with Gasteiger partial charge in [-0.05, 0) is 47.4 Å². The minimum Gasteiger partial charge on any atom is -0.405 e. The third-order valence-corrected chi connectivity index (χ3v) is 8.11. The van der Waals surface area contributed by atoms with Crippen LogP contribution in [0.25, 0.3) is 11.1 Å². The number of ether oxygens (including phenoxy) is 1. The van der Waals surface area contributed by atoms with Crippen molar-refractivity contribution in [3.05, 3.63) is 89.0 Å². The van der Waals surface area contributed by atoms with Crippen molar-refractivity contribution in [1.82, 2.24) is 20.0 Å². The molecule has 45 heavy (non-hydrogen) atoms. The Hall–Kier alpha value is -5.04. The smallest absolute Gasteiger partial charge is 0.405 e. The molecule has 3 aliphatic rings. The van der Waals surface area contributed by atoms with E-state index in [1.54, 1.807) is 18.2 Å². The first-order valence-corrected chi connectivity index (χ1v) is 14.3. The molecule has 13 heteroatoms. The Balaban J connectivity index is 1.14. The molecule has 1 unspecified atom stereocenters. The monoisotopic (exact) mass is 620 g/mol. The van der Waals surface area contributed by atoms with Gasteiger partial charge in [-0.3, -0.25) is 39.1 Å². The Morgan fingerprint density at radius 1 is 0.867 bits per heavy atom. The molecule has 232 valence electrons. The fourth-order valence-corrected chi connectivity index (χ4v) is 5.99. The predicted molar refractivity (Wildman–Crippen MR) is 153 cm³/mol. The van der Waals surface area contributed by atoms with Crippen molar-refractivity contribution in [2.75, 3.05) is 26.2 Å². The van der Waals surface area contributed by atoms with Crippen LogP contribution in [-0.4, -0.2) is 82.8 Å². The van der Waals surface area contributed by atoms with Crippen molar-refractivity contribution in [2.24, 2.45) is 0 Å². The lowest BCUT2D eigenvalue weighted by Gasteiger charge is -2.35. The molecule has 10 nitrogen and oxygen atoms in total. The van der Waals surface area contributed by atoms with E-state index >= 15 is 0 Å². The molecule has 3 aromatic carbocycles. The Morgan fingerprint density at radius 3 is 2.31 bits per heavy atom. The summed E-state index contributed by atoms with van der Waals surface area (Å²) in [6.07, 6.45) is -4.83. The van der Waals surface area contributed by atoms with Crippen LogP contribution in [0.4, 0.5) is 13.2 Å². The number of piperidine rings is 1. The fraction of sp³-hybridized carbons (Fsp3) is 0.281. The van der Waals surface area contributed by atoms with Crippen LogP contribution < -0.4 is 10.1 Å². The number of nitrogens with one attached hydrogen (secondary N) is 1. The third-order valence-electron chi connectivity index (χ3n) is 8.11. The molecule has 5 amide bonds. The van der Waals surface area contributed by atoms with Gasteiger partial charge < -0.3 is 9.64 Å². The van der Waals surface area contributed by atoms with Crippen LogP contribution in [-0.2, 0) is 16.1 Å². The van der Waals surface area contributed by atoms with Crippen LogP contribution in [0.15, 0.2) is 66.7 Å². The van der Waals surface area contributed by atoms with E-state index in [0.29, 0.717) is 43.9 Å². The Labute approximate surface area is 255 Å². The van der Waals surface area contributed by atoms with Gasteiger partial charge in [0.25, 0.3) is 17.7 Å². The van der Waals surface area contributed by atoms with Crippen molar-refractivity contribution in [3.63, 3.8) is 0 Å².